The molecule has 0 saturated heterocycles. The number of nitro groups is 1. The summed E-state index contributed by atoms with van der Waals surface area (Å²) < 4.78 is 12.6. The van der Waals surface area contributed by atoms with Crippen molar-refractivity contribution in [1.82, 2.24) is 0 Å². The van der Waals surface area contributed by atoms with E-state index in [0.717, 1.165) is 12.1 Å². The lowest BCUT2D eigenvalue weighted by Gasteiger charge is -1.97. The molecule has 0 aliphatic heterocycles. The average Bonchev–Trinajstić information content (AvgIpc) is 1.96. The summed E-state index contributed by atoms with van der Waals surface area (Å²) in [6.45, 7) is 3.30. The zero-order valence-corrected chi connectivity index (χ0v) is 6.64. The van der Waals surface area contributed by atoms with Gasteiger partial charge in [-0.2, -0.15) is 0 Å². The van der Waals surface area contributed by atoms with Crippen molar-refractivity contribution in [2.45, 2.75) is 0 Å². The highest BCUT2D eigenvalue weighted by molar-refractivity contribution is 6.31. The van der Waals surface area contributed by atoms with Crippen LogP contribution >= 0.6 is 11.6 Å². The molecule has 63 valence electrons. The fourth-order valence-corrected chi connectivity index (χ4v) is 0.905. The van der Waals surface area contributed by atoms with Gasteiger partial charge in [0, 0.05) is 11.6 Å². The highest BCUT2D eigenvalue weighted by Gasteiger charge is 2.13. The molecular formula is C7H4ClFNO2. The predicted octanol–water partition coefficient (Wildman–Crippen LogP) is 2.57. The van der Waals surface area contributed by atoms with E-state index in [1.54, 1.807) is 0 Å². The lowest BCUT2D eigenvalue weighted by Crippen LogP contribution is -1.92. The molecule has 0 N–H and O–H groups in total. The van der Waals surface area contributed by atoms with Crippen molar-refractivity contribution in [2.75, 3.05) is 0 Å². The second kappa shape index (κ2) is 3.06. The van der Waals surface area contributed by atoms with E-state index in [1.165, 1.54) is 0 Å². The maximum absolute atomic E-state index is 12.6. The van der Waals surface area contributed by atoms with Crippen LogP contribution in [0.1, 0.15) is 5.56 Å². The molecule has 0 aliphatic carbocycles. The van der Waals surface area contributed by atoms with Gasteiger partial charge in [-0.05, 0) is 13.0 Å². The normalized spacial score (nSPS) is 9.92. The Balaban J connectivity index is 3.33. The molecule has 0 saturated carbocycles. The molecule has 1 aromatic carbocycles. The Labute approximate surface area is 72.9 Å². The van der Waals surface area contributed by atoms with Crippen LogP contribution in [0.4, 0.5) is 10.1 Å². The first-order valence-corrected chi connectivity index (χ1v) is 3.35. The summed E-state index contributed by atoms with van der Waals surface area (Å²) in [4.78, 5) is 9.61. The molecule has 5 heteroatoms. The largest absolute Gasteiger partial charge is 0.274 e. The van der Waals surface area contributed by atoms with Crippen LogP contribution in [0.15, 0.2) is 12.1 Å². The van der Waals surface area contributed by atoms with Crippen LogP contribution in [0.3, 0.4) is 0 Å². The highest BCUT2D eigenvalue weighted by atomic mass is 35.5. The number of hydrogen-bond acceptors (Lipinski definition) is 2. The van der Waals surface area contributed by atoms with Gasteiger partial charge in [-0.15, -0.1) is 0 Å². The first kappa shape index (κ1) is 8.93. The van der Waals surface area contributed by atoms with E-state index >= 15 is 0 Å². The van der Waals surface area contributed by atoms with E-state index in [2.05, 4.69) is 6.92 Å². The minimum Gasteiger partial charge on any atom is -0.258 e. The maximum Gasteiger partial charge on any atom is 0.274 e. The summed E-state index contributed by atoms with van der Waals surface area (Å²) in [5.41, 5.74) is -0.261. The van der Waals surface area contributed by atoms with Gasteiger partial charge in [0.15, 0.2) is 0 Å². The molecule has 0 bridgehead atoms. The second-order valence-corrected chi connectivity index (χ2v) is 2.56. The number of hydrogen-bond donors (Lipinski definition) is 0. The molecule has 0 spiro atoms. The molecule has 0 atom stereocenters. The predicted molar refractivity (Wildman–Crippen MR) is 42.5 cm³/mol. The summed E-state index contributed by atoms with van der Waals surface area (Å²) in [6.07, 6.45) is 0. The van der Waals surface area contributed by atoms with E-state index in [1.807, 2.05) is 0 Å². The second-order valence-electron chi connectivity index (χ2n) is 2.15. The summed E-state index contributed by atoms with van der Waals surface area (Å²) in [5.74, 6) is -0.702. The average molecular weight is 189 g/mol. The quantitative estimate of drug-likeness (QED) is 0.502. The molecule has 12 heavy (non-hydrogen) atoms. The molecular weight excluding hydrogens is 185 g/mol. The lowest BCUT2D eigenvalue weighted by molar-refractivity contribution is -0.385. The minimum atomic E-state index is -0.702. The zero-order chi connectivity index (χ0) is 9.30. The number of benzene rings is 1. The SMILES string of the molecule is [CH2]c1cc(F)c(Cl)cc1[N+](=O)[O-]. The summed E-state index contributed by atoms with van der Waals surface area (Å²) in [5, 5.41) is 10.0. The van der Waals surface area contributed by atoms with Crippen molar-refractivity contribution >= 4 is 17.3 Å². The smallest absolute Gasteiger partial charge is 0.258 e. The molecule has 3 nitrogen and oxygen atoms in total. The molecule has 1 radical (unpaired) electrons. The van der Waals surface area contributed by atoms with Gasteiger partial charge in [-0.25, -0.2) is 4.39 Å². The summed E-state index contributed by atoms with van der Waals surface area (Å²) in [7, 11) is 0. The Bertz CT molecular complexity index is 340. The highest BCUT2D eigenvalue weighted by Crippen LogP contribution is 2.24. The molecule has 0 aromatic heterocycles. The monoisotopic (exact) mass is 188 g/mol. The Morgan fingerprint density at radius 1 is 1.58 bits per heavy atom. The van der Waals surface area contributed by atoms with Crippen molar-refractivity contribution in [3.05, 3.63) is 45.6 Å². The van der Waals surface area contributed by atoms with Crippen molar-refractivity contribution in [3.63, 3.8) is 0 Å². The van der Waals surface area contributed by atoms with Crippen molar-refractivity contribution in [1.29, 1.82) is 0 Å². The van der Waals surface area contributed by atoms with Crippen molar-refractivity contribution < 1.29 is 9.31 Å². The van der Waals surface area contributed by atoms with E-state index < -0.39 is 10.7 Å². The minimum absolute atomic E-state index is 0.0156. The zero-order valence-electron chi connectivity index (χ0n) is 5.88. The third-order valence-corrected chi connectivity index (χ3v) is 1.61. The van der Waals surface area contributed by atoms with Crippen molar-refractivity contribution in [2.24, 2.45) is 0 Å². The van der Waals surface area contributed by atoms with Crippen LogP contribution in [0.25, 0.3) is 0 Å². The van der Waals surface area contributed by atoms with Gasteiger partial charge in [-0.1, -0.05) is 11.6 Å². The first-order valence-electron chi connectivity index (χ1n) is 2.97. The summed E-state index contributed by atoms with van der Waals surface area (Å²) >= 11 is 5.32. The van der Waals surface area contributed by atoms with Gasteiger partial charge in [0.1, 0.15) is 5.82 Å². The molecule has 1 rings (SSSR count). The van der Waals surface area contributed by atoms with Gasteiger partial charge in [-0.3, -0.25) is 10.1 Å². The first-order chi connectivity index (χ1) is 5.52. The van der Waals surface area contributed by atoms with E-state index in [4.69, 9.17) is 11.6 Å². The van der Waals surface area contributed by atoms with E-state index in [9.17, 15) is 14.5 Å². The van der Waals surface area contributed by atoms with Gasteiger partial charge in [0.05, 0.1) is 9.95 Å². The van der Waals surface area contributed by atoms with Crippen molar-refractivity contribution in [3.8, 4) is 0 Å². The van der Waals surface area contributed by atoms with Gasteiger partial charge >= 0.3 is 0 Å². The fourth-order valence-electron chi connectivity index (χ4n) is 0.747. The van der Waals surface area contributed by atoms with Gasteiger partial charge < -0.3 is 0 Å². The molecule has 0 heterocycles. The van der Waals surface area contributed by atoms with E-state index in [0.29, 0.717) is 0 Å². The number of rotatable bonds is 1. The molecule has 1 aromatic rings. The summed E-state index contributed by atoms with van der Waals surface area (Å²) in [6, 6.07) is 1.87. The van der Waals surface area contributed by atoms with Crippen LogP contribution in [0.5, 0.6) is 0 Å². The molecule has 0 amide bonds. The maximum atomic E-state index is 12.6. The van der Waals surface area contributed by atoms with Crippen LogP contribution in [0, 0.1) is 22.9 Å². The Kier molecular flexibility index (Phi) is 2.28. The van der Waals surface area contributed by atoms with Crippen LogP contribution < -0.4 is 0 Å². The number of nitrogens with zero attached hydrogens (tertiary/aromatic N) is 1. The van der Waals surface area contributed by atoms with Crippen LogP contribution in [-0.4, -0.2) is 4.92 Å². The lowest BCUT2D eigenvalue weighted by atomic mass is 10.2. The Morgan fingerprint density at radius 3 is 2.67 bits per heavy atom. The fraction of sp³-hybridized carbons (Fsp3) is 0. The van der Waals surface area contributed by atoms with Gasteiger partial charge in [0.2, 0.25) is 0 Å². The molecule has 0 aliphatic rings. The standard InChI is InChI=1S/C7H4ClFNO2/c1-4-2-6(9)5(8)3-7(4)10(11)12/h2-3H,1H2. The van der Waals surface area contributed by atoms with Gasteiger partial charge in [0.25, 0.3) is 5.69 Å². The topological polar surface area (TPSA) is 43.1 Å². The van der Waals surface area contributed by atoms with Crippen LogP contribution in [0.2, 0.25) is 5.02 Å². The molecule has 0 fully saturated rings. The molecule has 0 unspecified atom stereocenters. The Hall–Kier alpha value is -1.16. The number of nitro benzene ring substituents is 1. The third kappa shape index (κ3) is 1.53. The third-order valence-electron chi connectivity index (χ3n) is 1.32. The van der Waals surface area contributed by atoms with Crippen LogP contribution in [-0.2, 0) is 0 Å². The Morgan fingerprint density at radius 2 is 2.17 bits per heavy atom. The van der Waals surface area contributed by atoms with E-state index in [-0.39, 0.29) is 16.3 Å². The number of halogens is 2.